The largest absolute Gasteiger partial charge is 0.479 e. The Labute approximate surface area is 222 Å². The van der Waals surface area contributed by atoms with Crippen LogP contribution >= 0.6 is 34.9 Å². The number of halogens is 1. The van der Waals surface area contributed by atoms with E-state index in [2.05, 4.69) is 15.7 Å². The maximum atomic E-state index is 11.7. The van der Waals surface area contributed by atoms with Crippen molar-refractivity contribution in [1.82, 2.24) is 4.31 Å². The Kier molecular flexibility index (Phi) is 8.63. The summed E-state index contributed by atoms with van der Waals surface area (Å²) in [6.07, 6.45) is 1.98. The molecule has 1 aromatic heterocycles. The van der Waals surface area contributed by atoms with Gasteiger partial charge in [0.15, 0.2) is 17.2 Å². The van der Waals surface area contributed by atoms with Crippen molar-refractivity contribution in [3.63, 3.8) is 0 Å². The number of ether oxygens (including phenoxy) is 1. The van der Waals surface area contributed by atoms with Gasteiger partial charge in [0.25, 0.3) is 0 Å². The standard InChI is InChI=1S/C25H26ClN3O5S2/c26-21-22(34-13-20(30)31)24(25(32)33)36-23(21)16-4-2-6-19(12-16)28-18-7-9-29(10-8-18)35-14-15-3-1-5-17(27)11-15/h1-6,11-12,18,28H,7-10,13-14,27H2,(H,30,31)(H,32,33). The number of anilines is 2. The van der Waals surface area contributed by atoms with Crippen LogP contribution < -0.4 is 15.8 Å². The molecule has 0 amide bonds. The molecule has 2 aromatic carbocycles. The van der Waals surface area contributed by atoms with Crippen molar-refractivity contribution in [3.05, 3.63) is 64.0 Å². The second kappa shape index (κ2) is 11.9. The minimum Gasteiger partial charge on any atom is -0.479 e. The number of nitrogens with zero attached hydrogens (tertiary/aromatic N) is 1. The average Bonchev–Trinajstić information content (AvgIpc) is 3.19. The van der Waals surface area contributed by atoms with E-state index in [1.54, 1.807) is 0 Å². The summed E-state index contributed by atoms with van der Waals surface area (Å²) in [5.41, 5.74) is 9.51. The molecular formula is C25H26ClN3O5S2. The van der Waals surface area contributed by atoms with Crippen LogP contribution in [0.2, 0.25) is 5.02 Å². The second-order valence-corrected chi connectivity index (χ2v) is 10.8. The maximum absolute atomic E-state index is 11.7. The van der Waals surface area contributed by atoms with Gasteiger partial charge in [-0.05, 0) is 48.2 Å². The van der Waals surface area contributed by atoms with E-state index in [4.69, 9.17) is 27.2 Å². The number of piperidine rings is 1. The molecule has 3 aromatic rings. The molecule has 0 aliphatic carbocycles. The fourth-order valence-electron chi connectivity index (χ4n) is 3.95. The van der Waals surface area contributed by atoms with Gasteiger partial charge < -0.3 is 26.0 Å². The number of aromatic carboxylic acids is 1. The van der Waals surface area contributed by atoms with Crippen LogP contribution in [0.3, 0.4) is 0 Å². The first-order valence-corrected chi connectivity index (χ1v) is 13.4. The number of benzene rings is 2. The zero-order valence-corrected chi connectivity index (χ0v) is 21.7. The molecule has 0 unspecified atom stereocenters. The maximum Gasteiger partial charge on any atom is 0.349 e. The topological polar surface area (TPSA) is 125 Å². The normalized spacial score (nSPS) is 14.5. The monoisotopic (exact) mass is 547 g/mol. The Morgan fingerprint density at radius 1 is 1.17 bits per heavy atom. The number of nitrogens with one attached hydrogen (secondary N) is 1. The van der Waals surface area contributed by atoms with Crippen LogP contribution in [0.1, 0.15) is 28.1 Å². The van der Waals surface area contributed by atoms with E-state index in [9.17, 15) is 14.7 Å². The summed E-state index contributed by atoms with van der Waals surface area (Å²) in [6.45, 7) is 1.26. The quantitative estimate of drug-likeness (QED) is 0.191. The van der Waals surface area contributed by atoms with Crippen molar-refractivity contribution >= 4 is 58.2 Å². The first kappa shape index (κ1) is 26.2. The zero-order valence-electron chi connectivity index (χ0n) is 19.3. The number of carboxylic acids is 2. The molecule has 0 spiro atoms. The van der Waals surface area contributed by atoms with E-state index >= 15 is 0 Å². The number of nitrogen functional groups attached to an aromatic ring is 1. The highest BCUT2D eigenvalue weighted by molar-refractivity contribution is 7.96. The smallest absolute Gasteiger partial charge is 0.349 e. The first-order chi connectivity index (χ1) is 17.3. The van der Waals surface area contributed by atoms with Crippen molar-refractivity contribution in [1.29, 1.82) is 0 Å². The van der Waals surface area contributed by atoms with Crippen LogP contribution in [0.25, 0.3) is 10.4 Å². The fraction of sp³-hybridized carbons (Fsp3) is 0.280. The first-order valence-electron chi connectivity index (χ1n) is 11.3. The number of hydrogen-bond acceptors (Lipinski definition) is 8. The lowest BCUT2D eigenvalue weighted by Gasteiger charge is -2.32. The summed E-state index contributed by atoms with van der Waals surface area (Å²) in [5.74, 6) is -1.66. The van der Waals surface area contributed by atoms with Crippen molar-refractivity contribution < 1.29 is 24.5 Å². The van der Waals surface area contributed by atoms with Gasteiger partial charge in [0.1, 0.15) is 5.02 Å². The lowest BCUT2D eigenvalue weighted by Crippen LogP contribution is -2.35. The van der Waals surface area contributed by atoms with Gasteiger partial charge in [-0.3, -0.25) is 4.31 Å². The van der Waals surface area contributed by atoms with E-state index in [1.165, 1.54) is 5.56 Å². The molecule has 2 heterocycles. The van der Waals surface area contributed by atoms with E-state index in [0.29, 0.717) is 10.9 Å². The molecule has 0 saturated carbocycles. The SMILES string of the molecule is Nc1cccc(CSN2CCC(Nc3cccc(-c4sc(C(=O)O)c(OCC(=O)O)c4Cl)c3)CC2)c1. The summed E-state index contributed by atoms with van der Waals surface area (Å²) in [5, 5.41) is 22.1. The number of aliphatic carboxylic acids is 1. The summed E-state index contributed by atoms with van der Waals surface area (Å²) >= 11 is 9.21. The Balaban J connectivity index is 1.38. The second-order valence-electron chi connectivity index (χ2n) is 8.34. The minimum absolute atomic E-state index is 0.0984. The van der Waals surface area contributed by atoms with Gasteiger partial charge in [0.2, 0.25) is 0 Å². The van der Waals surface area contributed by atoms with Gasteiger partial charge in [0.05, 0.1) is 4.88 Å². The molecule has 36 heavy (non-hydrogen) atoms. The highest BCUT2D eigenvalue weighted by Crippen LogP contribution is 2.46. The molecule has 1 aliphatic rings. The molecular weight excluding hydrogens is 522 g/mol. The predicted octanol–water partition coefficient (Wildman–Crippen LogP) is 5.54. The molecule has 0 atom stereocenters. The number of hydrogen-bond donors (Lipinski definition) is 4. The summed E-state index contributed by atoms with van der Waals surface area (Å²) in [7, 11) is 0. The van der Waals surface area contributed by atoms with Gasteiger partial charge in [-0.25, -0.2) is 9.59 Å². The third-order valence-electron chi connectivity index (χ3n) is 5.66. The predicted molar refractivity (Wildman–Crippen MR) is 145 cm³/mol. The Morgan fingerprint density at radius 2 is 1.92 bits per heavy atom. The van der Waals surface area contributed by atoms with Crippen LogP contribution in [0, 0.1) is 0 Å². The summed E-state index contributed by atoms with van der Waals surface area (Å²) in [6, 6.07) is 15.9. The Hall–Kier alpha value is -2.92. The third-order valence-corrected chi connectivity index (χ3v) is 8.53. The van der Waals surface area contributed by atoms with Crippen LogP contribution in [-0.4, -0.2) is 52.2 Å². The van der Waals surface area contributed by atoms with Gasteiger partial charge >= 0.3 is 11.9 Å². The Bertz CT molecular complexity index is 1240. The molecule has 4 rings (SSSR count). The summed E-state index contributed by atoms with van der Waals surface area (Å²) < 4.78 is 7.56. The minimum atomic E-state index is -1.22. The number of rotatable bonds is 10. The molecule has 11 heteroatoms. The van der Waals surface area contributed by atoms with E-state index < -0.39 is 18.5 Å². The third kappa shape index (κ3) is 6.64. The van der Waals surface area contributed by atoms with Gasteiger partial charge in [0, 0.05) is 36.3 Å². The molecule has 1 aliphatic heterocycles. The van der Waals surface area contributed by atoms with Gasteiger partial charge in [-0.2, -0.15) is 0 Å². The molecule has 8 nitrogen and oxygen atoms in total. The van der Waals surface area contributed by atoms with Crippen molar-refractivity contribution in [2.24, 2.45) is 0 Å². The van der Waals surface area contributed by atoms with Gasteiger partial charge in [-0.15, -0.1) is 11.3 Å². The average molecular weight is 548 g/mol. The fourth-order valence-corrected chi connectivity index (χ4v) is 6.33. The van der Waals surface area contributed by atoms with Crippen molar-refractivity contribution in [3.8, 4) is 16.2 Å². The highest BCUT2D eigenvalue weighted by atomic mass is 35.5. The summed E-state index contributed by atoms with van der Waals surface area (Å²) in [4.78, 5) is 22.9. The molecule has 1 saturated heterocycles. The van der Waals surface area contributed by atoms with Gasteiger partial charge in [-0.1, -0.05) is 47.8 Å². The van der Waals surface area contributed by atoms with Crippen molar-refractivity contribution in [2.45, 2.75) is 24.6 Å². The van der Waals surface area contributed by atoms with E-state index in [-0.39, 0.29) is 15.6 Å². The van der Waals surface area contributed by atoms with E-state index in [0.717, 1.165) is 60.0 Å². The lowest BCUT2D eigenvalue weighted by atomic mass is 10.1. The molecule has 0 bridgehead atoms. The number of thiophene rings is 1. The number of carbonyl (C=O) groups is 2. The molecule has 5 N–H and O–H groups in total. The highest BCUT2D eigenvalue weighted by Gasteiger charge is 2.25. The number of nitrogens with two attached hydrogens (primary N) is 1. The number of carboxylic acid groups (broad SMARTS) is 2. The lowest BCUT2D eigenvalue weighted by molar-refractivity contribution is -0.139. The van der Waals surface area contributed by atoms with Crippen LogP contribution in [0.15, 0.2) is 48.5 Å². The zero-order chi connectivity index (χ0) is 25.7. The van der Waals surface area contributed by atoms with Crippen molar-refractivity contribution in [2.75, 3.05) is 30.7 Å². The molecule has 0 radical (unpaired) electrons. The van der Waals surface area contributed by atoms with E-state index in [1.807, 2.05) is 54.4 Å². The molecule has 190 valence electrons. The van der Waals surface area contributed by atoms with Crippen LogP contribution in [0.5, 0.6) is 5.75 Å². The van der Waals surface area contributed by atoms with Crippen LogP contribution in [0.4, 0.5) is 11.4 Å². The molecule has 1 fully saturated rings. The Morgan fingerprint density at radius 3 is 2.61 bits per heavy atom. The van der Waals surface area contributed by atoms with Crippen LogP contribution in [-0.2, 0) is 10.5 Å².